The summed E-state index contributed by atoms with van der Waals surface area (Å²) in [5, 5.41) is 2.64. The van der Waals surface area contributed by atoms with Gasteiger partial charge in [0.15, 0.2) is 6.61 Å². The van der Waals surface area contributed by atoms with E-state index in [1.807, 2.05) is 55.5 Å². The van der Waals surface area contributed by atoms with E-state index in [2.05, 4.69) is 5.32 Å². The van der Waals surface area contributed by atoms with Crippen LogP contribution in [0.5, 0.6) is 5.75 Å². The molecule has 1 saturated heterocycles. The number of rotatable bonds is 7. The molecule has 8 heteroatoms. The standard InChI is InChI=1S/C30H26N2O6/c1-2-37-18-13-11-17(12-14-18)31-23(33)16-38-24(34)15-32-29(35)27-25-19-7-3-4-8-20(19)26(28(27)30(32)36)22-10-6-5-9-21(22)25/h3-14,25-28H,2,15-16H2,1H3,(H,31,33)/t25?,26?,27-,28-/m1/s1. The maximum Gasteiger partial charge on any atom is 0.326 e. The summed E-state index contributed by atoms with van der Waals surface area (Å²) >= 11 is 0. The molecule has 3 aromatic rings. The molecule has 0 radical (unpaired) electrons. The number of ether oxygens (including phenoxy) is 2. The van der Waals surface area contributed by atoms with Crippen LogP contribution >= 0.6 is 0 Å². The number of likely N-dealkylation sites (tertiary alicyclic amines) is 1. The van der Waals surface area contributed by atoms with E-state index >= 15 is 0 Å². The zero-order chi connectivity index (χ0) is 26.4. The first kappa shape index (κ1) is 23.9. The zero-order valence-electron chi connectivity index (χ0n) is 20.8. The van der Waals surface area contributed by atoms with Crippen molar-refractivity contribution in [3.05, 3.63) is 95.1 Å². The van der Waals surface area contributed by atoms with Crippen LogP contribution < -0.4 is 10.1 Å². The average molecular weight is 511 g/mol. The normalized spacial score (nSPS) is 22.4. The van der Waals surface area contributed by atoms with Crippen molar-refractivity contribution in [1.29, 1.82) is 0 Å². The van der Waals surface area contributed by atoms with Gasteiger partial charge in [-0.3, -0.25) is 24.1 Å². The second kappa shape index (κ2) is 9.45. The van der Waals surface area contributed by atoms with Crippen molar-refractivity contribution in [3.63, 3.8) is 0 Å². The van der Waals surface area contributed by atoms with E-state index in [0.717, 1.165) is 27.2 Å². The molecule has 1 fully saturated rings. The summed E-state index contributed by atoms with van der Waals surface area (Å²) in [5.41, 5.74) is 4.78. The summed E-state index contributed by atoms with van der Waals surface area (Å²) in [6, 6.07) is 22.7. The third-order valence-corrected chi connectivity index (χ3v) is 7.64. The maximum atomic E-state index is 13.6. The average Bonchev–Trinajstić information content (AvgIpc) is 3.18. The highest BCUT2D eigenvalue weighted by Crippen LogP contribution is 2.60. The van der Waals surface area contributed by atoms with Crippen LogP contribution in [-0.2, 0) is 23.9 Å². The van der Waals surface area contributed by atoms with E-state index in [4.69, 9.17) is 9.47 Å². The highest BCUT2D eigenvalue weighted by Gasteiger charge is 2.61. The van der Waals surface area contributed by atoms with Gasteiger partial charge in [0, 0.05) is 17.5 Å². The van der Waals surface area contributed by atoms with Crippen LogP contribution in [0.3, 0.4) is 0 Å². The highest BCUT2D eigenvalue weighted by atomic mass is 16.5. The highest BCUT2D eigenvalue weighted by molar-refractivity contribution is 6.09. The lowest BCUT2D eigenvalue weighted by Gasteiger charge is -2.45. The van der Waals surface area contributed by atoms with E-state index in [9.17, 15) is 19.2 Å². The van der Waals surface area contributed by atoms with E-state index in [-0.39, 0.29) is 23.7 Å². The molecule has 7 rings (SSSR count). The first-order valence-electron chi connectivity index (χ1n) is 12.7. The van der Waals surface area contributed by atoms with Gasteiger partial charge in [0.1, 0.15) is 12.3 Å². The van der Waals surface area contributed by atoms with Gasteiger partial charge in [-0.05, 0) is 53.4 Å². The molecule has 4 aliphatic rings. The largest absolute Gasteiger partial charge is 0.494 e. The Bertz CT molecular complexity index is 1330. The fourth-order valence-electron chi connectivity index (χ4n) is 6.21. The number of nitrogens with zero attached hydrogens (tertiary/aromatic N) is 1. The first-order chi connectivity index (χ1) is 18.5. The molecule has 1 aliphatic heterocycles. The number of esters is 1. The molecule has 3 aliphatic carbocycles. The second-order valence-corrected chi connectivity index (χ2v) is 9.69. The molecule has 0 aromatic heterocycles. The van der Waals surface area contributed by atoms with Crippen molar-refractivity contribution >= 4 is 29.4 Å². The topological polar surface area (TPSA) is 102 Å². The van der Waals surface area contributed by atoms with E-state index in [1.54, 1.807) is 24.3 Å². The number of anilines is 1. The van der Waals surface area contributed by atoms with Crippen LogP contribution in [0.1, 0.15) is 41.0 Å². The summed E-state index contributed by atoms with van der Waals surface area (Å²) in [6.07, 6.45) is 0. The first-order valence-corrected chi connectivity index (χ1v) is 12.7. The summed E-state index contributed by atoms with van der Waals surface area (Å²) in [5.74, 6) is -3.00. The Morgan fingerprint density at radius 3 is 1.76 bits per heavy atom. The Morgan fingerprint density at radius 1 is 0.789 bits per heavy atom. The summed E-state index contributed by atoms with van der Waals surface area (Å²) in [6.45, 7) is 1.36. The van der Waals surface area contributed by atoms with Gasteiger partial charge in [-0.25, -0.2) is 0 Å². The fourth-order valence-corrected chi connectivity index (χ4v) is 6.21. The van der Waals surface area contributed by atoms with Crippen LogP contribution in [0.15, 0.2) is 72.8 Å². The number of carbonyl (C=O) groups is 4. The van der Waals surface area contributed by atoms with E-state index in [0.29, 0.717) is 18.0 Å². The molecule has 0 spiro atoms. The summed E-state index contributed by atoms with van der Waals surface area (Å²) in [7, 11) is 0. The molecular weight excluding hydrogens is 484 g/mol. The van der Waals surface area contributed by atoms with Crippen LogP contribution in [-0.4, -0.2) is 48.3 Å². The Balaban J connectivity index is 1.14. The van der Waals surface area contributed by atoms with E-state index < -0.39 is 36.9 Å². The van der Waals surface area contributed by atoms with Crippen LogP contribution in [0, 0.1) is 11.8 Å². The molecule has 0 saturated carbocycles. The molecule has 2 bridgehead atoms. The molecular formula is C30H26N2O6. The van der Waals surface area contributed by atoms with Crippen molar-refractivity contribution in [3.8, 4) is 5.75 Å². The maximum absolute atomic E-state index is 13.6. The smallest absolute Gasteiger partial charge is 0.326 e. The molecule has 1 heterocycles. The SMILES string of the molecule is CCOc1ccc(NC(=O)COC(=O)CN2C(=O)[C@@H]3C4c5ccccc5C(c5ccccc54)[C@H]3C2=O)cc1. The lowest BCUT2D eigenvalue weighted by molar-refractivity contribution is -0.154. The summed E-state index contributed by atoms with van der Waals surface area (Å²) in [4.78, 5) is 53.0. The Labute approximate surface area is 219 Å². The quantitative estimate of drug-likeness (QED) is 0.386. The van der Waals surface area contributed by atoms with Gasteiger partial charge in [0.25, 0.3) is 5.91 Å². The van der Waals surface area contributed by atoms with Crippen LogP contribution in [0.25, 0.3) is 0 Å². The zero-order valence-corrected chi connectivity index (χ0v) is 20.8. The number of imide groups is 1. The van der Waals surface area contributed by atoms with Gasteiger partial charge in [0.2, 0.25) is 11.8 Å². The Hall–Kier alpha value is -4.46. The minimum atomic E-state index is -0.811. The van der Waals surface area contributed by atoms with Crippen LogP contribution in [0.2, 0.25) is 0 Å². The molecule has 3 aromatic carbocycles. The molecule has 38 heavy (non-hydrogen) atoms. The Kier molecular flexibility index (Phi) is 5.94. The monoisotopic (exact) mass is 510 g/mol. The number of amides is 3. The predicted octanol–water partition coefficient (Wildman–Crippen LogP) is 3.46. The number of hydrogen-bond acceptors (Lipinski definition) is 6. The third-order valence-electron chi connectivity index (χ3n) is 7.64. The summed E-state index contributed by atoms with van der Waals surface area (Å²) < 4.78 is 10.5. The van der Waals surface area contributed by atoms with Gasteiger partial charge >= 0.3 is 5.97 Å². The number of nitrogens with one attached hydrogen (secondary N) is 1. The molecule has 192 valence electrons. The molecule has 8 nitrogen and oxygen atoms in total. The molecule has 3 amide bonds. The van der Waals surface area contributed by atoms with Crippen molar-refractivity contribution in [1.82, 2.24) is 4.90 Å². The van der Waals surface area contributed by atoms with Gasteiger partial charge in [-0.15, -0.1) is 0 Å². The lowest BCUT2D eigenvalue weighted by atomic mass is 9.55. The van der Waals surface area contributed by atoms with Gasteiger partial charge in [-0.1, -0.05) is 48.5 Å². The number of hydrogen-bond donors (Lipinski definition) is 1. The minimum Gasteiger partial charge on any atom is -0.494 e. The van der Waals surface area contributed by atoms with Gasteiger partial charge in [0.05, 0.1) is 18.4 Å². The van der Waals surface area contributed by atoms with Gasteiger partial charge < -0.3 is 14.8 Å². The third kappa shape index (κ3) is 3.84. The number of carbonyl (C=O) groups excluding carboxylic acids is 4. The Morgan fingerprint density at radius 2 is 1.29 bits per heavy atom. The predicted molar refractivity (Wildman–Crippen MR) is 137 cm³/mol. The molecule has 2 atom stereocenters. The van der Waals surface area contributed by atoms with E-state index in [1.165, 1.54) is 0 Å². The minimum absolute atomic E-state index is 0.241. The van der Waals surface area contributed by atoms with Gasteiger partial charge in [-0.2, -0.15) is 0 Å². The second-order valence-electron chi connectivity index (χ2n) is 9.69. The number of benzene rings is 3. The van der Waals surface area contributed by atoms with Crippen molar-refractivity contribution in [2.75, 3.05) is 25.1 Å². The van der Waals surface area contributed by atoms with Crippen molar-refractivity contribution in [2.45, 2.75) is 18.8 Å². The molecule has 0 unspecified atom stereocenters. The fraction of sp³-hybridized carbons (Fsp3) is 0.267. The van der Waals surface area contributed by atoms with Crippen molar-refractivity contribution < 1.29 is 28.7 Å². The lowest BCUT2D eigenvalue weighted by Crippen LogP contribution is -2.41. The van der Waals surface area contributed by atoms with Crippen molar-refractivity contribution in [2.24, 2.45) is 11.8 Å². The molecule has 1 N–H and O–H groups in total. The van der Waals surface area contributed by atoms with Crippen LogP contribution in [0.4, 0.5) is 5.69 Å².